The second-order valence-corrected chi connectivity index (χ2v) is 10.0. The molecule has 6 heteroatoms. The number of aryl methyl sites for hydroxylation is 1. The zero-order chi connectivity index (χ0) is 30.4. The molecule has 0 saturated carbocycles. The van der Waals surface area contributed by atoms with E-state index in [9.17, 15) is 14.0 Å². The first-order valence-corrected chi connectivity index (χ1v) is 14.5. The minimum Gasteiger partial charge on any atom is -0.494 e. The molecular weight excluding hydrogens is 543 g/mol. The Balaban J connectivity index is 1.28. The van der Waals surface area contributed by atoms with Crippen LogP contribution in [0.2, 0.25) is 0 Å². The number of hydrogen-bond acceptors (Lipinski definition) is 5. The van der Waals surface area contributed by atoms with Gasteiger partial charge < -0.3 is 14.2 Å². The Kier molecular flexibility index (Phi) is 11.5. The summed E-state index contributed by atoms with van der Waals surface area (Å²) in [7, 11) is 0. The number of halogens is 1. The number of ether oxygens (including phenoxy) is 3. The molecule has 0 fully saturated rings. The Morgan fingerprint density at radius 3 is 2.26 bits per heavy atom. The van der Waals surface area contributed by atoms with Crippen LogP contribution < -0.4 is 4.74 Å². The van der Waals surface area contributed by atoms with Crippen LogP contribution in [-0.4, -0.2) is 31.8 Å². The molecule has 0 atom stereocenters. The number of carbonyl (C=O) groups excluding carboxylic acids is 2. The first-order valence-electron chi connectivity index (χ1n) is 14.5. The van der Waals surface area contributed by atoms with Crippen molar-refractivity contribution in [2.45, 2.75) is 39.0 Å². The van der Waals surface area contributed by atoms with Gasteiger partial charge in [0.05, 0.1) is 19.8 Å². The van der Waals surface area contributed by atoms with Crippen molar-refractivity contribution < 1.29 is 28.2 Å². The molecule has 220 valence electrons. The molecule has 4 aromatic carbocycles. The maximum atomic E-state index is 15.0. The van der Waals surface area contributed by atoms with Gasteiger partial charge in [0.2, 0.25) is 0 Å². The van der Waals surface area contributed by atoms with E-state index in [-0.39, 0.29) is 31.4 Å². The maximum Gasteiger partial charge on any atom is 0.330 e. The molecule has 0 aromatic heterocycles. The molecule has 0 amide bonds. The zero-order valence-corrected chi connectivity index (χ0v) is 24.4. The highest BCUT2D eigenvalue weighted by Gasteiger charge is 2.09. The molecule has 0 aliphatic rings. The minimum atomic E-state index is -0.470. The molecule has 0 aliphatic heterocycles. The minimum absolute atomic E-state index is 0.156. The fraction of sp³-hybridized carbons (Fsp3) is 0.243. The third-order valence-corrected chi connectivity index (χ3v) is 6.70. The Morgan fingerprint density at radius 1 is 0.814 bits per heavy atom. The van der Waals surface area contributed by atoms with Crippen molar-refractivity contribution >= 4 is 22.7 Å². The van der Waals surface area contributed by atoms with E-state index in [0.717, 1.165) is 51.3 Å². The molecule has 5 nitrogen and oxygen atoms in total. The van der Waals surface area contributed by atoms with Crippen LogP contribution >= 0.6 is 0 Å². The fourth-order valence-corrected chi connectivity index (χ4v) is 4.38. The lowest BCUT2D eigenvalue weighted by atomic mass is 10.00. The van der Waals surface area contributed by atoms with Gasteiger partial charge in [-0.1, -0.05) is 61.7 Å². The van der Waals surface area contributed by atoms with E-state index in [1.807, 2.05) is 60.7 Å². The van der Waals surface area contributed by atoms with Gasteiger partial charge in [-0.15, -0.1) is 0 Å². The van der Waals surface area contributed by atoms with Crippen LogP contribution in [0, 0.1) is 17.7 Å². The van der Waals surface area contributed by atoms with Gasteiger partial charge in [-0.3, -0.25) is 4.79 Å². The summed E-state index contributed by atoms with van der Waals surface area (Å²) in [5.41, 5.74) is 3.70. The van der Waals surface area contributed by atoms with E-state index >= 15 is 0 Å². The normalized spacial score (nSPS) is 10.5. The largest absolute Gasteiger partial charge is 0.494 e. The van der Waals surface area contributed by atoms with Crippen molar-refractivity contribution in [2.75, 3.05) is 19.8 Å². The quantitative estimate of drug-likeness (QED) is 0.0701. The van der Waals surface area contributed by atoms with Gasteiger partial charge in [0.25, 0.3) is 0 Å². The third-order valence-electron chi connectivity index (χ3n) is 6.70. The molecule has 0 bridgehead atoms. The van der Waals surface area contributed by atoms with Crippen LogP contribution in [0.3, 0.4) is 0 Å². The lowest BCUT2D eigenvalue weighted by Crippen LogP contribution is -2.08. The van der Waals surface area contributed by atoms with Gasteiger partial charge >= 0.3 is 11.9 Å². The number of fused-ring (bicyclic) bond motifs is 1. The molecule has 0 aliphatic carbocycles. The second-order valence-electron chi connectivity index (χ2n) is 10.0. The molecule has 0 unspecified atom stereocenters. The average molecular weight is 579 g/mol. The van der Waals surface area contributed by atoms with Gasteiger partial charge in [-0.05, 0) is 90.0 Å². The highest BCUT2D eigenvalue weighted by atomic mass is 19.1. The molecule has 4 rings (SSSR count). The van der Waals surface area contributed by atoms with Gasteiger partial charge in [-0.25, -0.2) is 9.18 Å². The number of benzene rings is 4. The number of esters is 2. The lowest BCUT2D eigenvalue weighted by Gasteiger charge is -2.08. The Bertz CT molecular complexity index is 1630. The van der Waals surface area contributed by atoms with Crippen LogP contribution in [-0.2, 0) is 25.5 Å². The van der Waals surface area contributed by atoms with E-state index < -0.39 is 5.97 Å². The smallest absolute Gasteiger partial charge is 0.330 e. The van der Waals surface area contributed by atoms with Crippen LogP contribution in [0.4, 0.5) is 4.39 Å². The summed E-state index contributed by atoms with van der Waals surface area (Å²) in [6, 6.07) is 24.7. The molecular formula is C37H35FO5. The van der Waals surface area contributed by atoms with Crippen LogP contribution in [0.1, 0.15) is 49.3 Å². The SMILES string of the molecule is C=CC(=O)OCCCCOC(=O)CCc1ccc(-c2ccc(C#Cc3ccc4cc(OCCC)ccc4c3)cc2)c(F)c1. The predicted molar refractivity (Wildman–Crippen MR) is 167 cm³/mol. The van der Waals surface area contributed by atoms with Crippen molar-refractivity contribution in [2.24, 2.45) is 0 Å². The number of rotatable bonds is 13. The van der Waals surface area contributed by atoms with Crippen molar-refractivity contribution in [3.63, 3.8) is 0 Å². The predicted octanol–water partition coefficient (Wildman–Crippen LogP) is 7.82. The van der Waals surface area contributed by atoms with E-state index in [1.54, 1.807) is 6.07 Å². The summed E-state index contributed by atoms with van der Waals surface area (Å²) in [5.74, 6) is 6.11. The first kappa shape index (κ1) is 31.1. The van der Waals surface area contributed by atoms with Gasteiger partial charge in [0.1, 0.15) is 11.6 Å². The highest BCUT2D eigenvalue weighted by molar-refractivity contribution is 5.85. The third kappa shape index (κ3) is 9.58. The van der Waals surface area contributed by atoms with E-state index in [2.05, 4.69) is 31.4 Å². The van der Waals surface area contributed by atoms with Crippen molar-refractivity contribution in [1.82, 2.24) is 0 Å². The second kappa shape index (κ2) is 15.9. The first-order chi connectivity index (χ1) is 20.9. The van der Waals surface area contributed by atoms with Crippen LogP contribution in [0.15, 0.2) is 91.5 Å². The summed E-state index contributed by atoms with van der Waals surface area (Å²) < 4.78 is 30.8. The van der Waals surface area contributed by atoms with Crippen LogP contribution in [0.25, 0.3) is 21.9 Å². The Morgan fingerprint density at radius 2 is 1.51 bits per heavy atom. The molecule has 0 radical (unpaired) electrons. The summed E-state index contributed by atoms with van der Waals surface area (Å²) in [5, 5.41) is 2.21. The van der Waals surface area contributed by atoms with E-state index in [4.69, 9.17) is 14.2 Å². The summed E-state index contributed by atoms with van der Waals surface area (Å²) in [6.45, 7) is 6.61. The summed E-state index contributed by atoms with van der Waals surface area (Å²) >= 11 is 0. The van der Waals surface area contributed by atoms with E-state index in [1.165, 1.54) is 6.07 Å². The fourth-order valence-electron chi connectivity index (χ4n) is 4.38. The number of unbranched alkanes of at least 4 members (excludes halogenated alkanes) is 1. The zero-order valence-electron chi connectivity index (χ0n) is 24.4. The van der Waals surface area contributed by atoms with Gasteiger partial charge in [-0.2, -0.15) is 0 Å². The lowest BCUT2D eigenvalue weighted by molar-refractivity contribution is -0.144. The molecule has 4 aromatic rings. The standard InChI is InChI=1S/C37H35FO5/c1-3-21-41-33-18-17-31-24-28(11-16-32(31)26-33)8-7-27-9-14-30(15-10-27)34-19-12-29(25-35(34)38)13-20-37(40)43-23-6-5-22-42-36(39)4-2/h4,9-12,14-19,24-26H,2-3,5-6,13,20-23H2,1H3. The molecule has 43 heavy (non-hydrogen) atoms. The average Bonchev–Trinajstić information content (AvgIpc) is 3.03. The Labute approximate surface area is 252 Å². The van der Waals surface area contributed by atoms with Crippen molar-refractivity contribution in [1.29, 1.82) is 0 Å². The van der Waals surface area contributed by atoms with Crippen molar-refractivity contribution in [3.05, 3.63) is 114 Å². The van der Waals surface area contributed by atoms with Crippen molar-refractivity contribution in [3.8, 4) is 28.7 Å². The molecule has 0 N–H and O–H groups in total. The summed E-state index contributed by atoms with van der Waals surface area (Å²) in [4.78, 5) is 23.0. The topological polar surface area (TPSA) is 61.8 Å². The molecule has 0 spiro atoms. The van der Waals surface area contributed by atoms with E-state index in [0.29, 0.717) is 31.4 Å². The number of carbonyl (C=O) groups is 2. The van der Waals surface area contributed by atoms with Gasteiger partial charge in [0, 0.05) is 29.2 Å². The molecule has 0 heterocycles. The number of hydrogen-bond donors (Lipinski definition) is 0. The highest BCUT2D eigenvalue weighted by Crippen LogP contribution is 2.25. The van der Waals surface area contributed by atoms with Crippen LogP contribution in [0.5, 0.6) is 5.75 Å². The Hall–Kier alpha value is -4.89. The monoisotopic (exact) mass is 578 g/mol. The maximum absolute atomic E-state index is 15.0. The summed E-state index contributed by atoms with van der Waals surface area (Å²) in [6.07, 6.45) is 3.79. The van der Waals surface area contributed by atoms with Gasteiger partial charge in [0.15, 0.2) is 0 Å². The molecule has 0 saturated heterocycles.